The summed E-state index contributed by atoms with van der Waals surface area (Å²) < 4.78 is 32.3. The van der Waals surface area contributed by atoms with E-state index in [1.165, 1.54) is 18.3 Å². The van der Waals surface area contributed by atoms with Gasteiger partial charge in [0.25, 0.3) is 10.1 Å². The highest BCUT2D eigenvalue weighted by molar-refractivity contribution is 7.86. The number of rotatable bonds is 4. The second-order valence-electron chi connectivity index (χ2n) is 4.68. The van der Waals surface area contributed by atoms with Gasteiger partial charge in [-0.2, -0.15) is 18.9 Å². The molecule has 9 nitrogen and oxygen atoms in total. The number of benzene rings is 2. The van der Waals surface area contributed by atoms with E-state index in [2.05, 4.69) is 25.9 Å². The summed E-state index contributed by atoms with van der Waals surface area (Å²) in [6.45, 7) is 0. The minimum absolute atomic E-state index is 0.129. The number of nitrogens with one attached hydrogen (secondary N) is 2. The first-order valence-corrected chi connectivity index (χ1v) is 8.04. The molecule has 0 aliphatic rings. The first-order chi connectivity index (χ1) is 11.5. The summed E-state index contributed by atoms with van der Waals surface area (Å²) in [5.74, 6) is 0.129. The van der Waals surface area contributed by atoms with E-state index in [0.717, 1.165) is 0 Å². The standard InChI is InChI=1S/C14H10N6O3S/c15-7-9(14-17-19-20-18-14)8-16-12-5-1-4-11-10(12)3-2-6-13(11)24(21,22)23/h1-6,8,16H,(H,21,22,23)(H,17,18,19,20). The first-order valence-electron chi connectivity index (χ1n) is 6.60. The Morgan fingerprint density at radius 2 is 2.00 bits per heavy atom. The molecule has 0 radical (unpaired) electrons. The predicted molar refractivity (Wildman–Crippen MR) is 85.2 cm³/mol. The van der Waals surface area contributed by atoms with Crippen molar-refractivity contribution in [1.29, 1.82) is 5.26 Å². The molecule has 0 unspecified atom stereocenters. The van der Waals surface area contributed by atoms with Gasteiger partial charge < -0.3 is 5.32 Å². The molecular weight excluding hydrogens is 332 g/mol. The zero-order chi connectivity index (χ0) is 17.2. The lowest BCUT2D eigenvalue weighted by molar-refractivity contribution is 0.484. The fraction of sp³-hybridized carbons (Fsp3) is 0. The molecule has 0 saturated carbocycles. The van der Waals surface area contributed by atoms with Crippen LogP contribution in [0.5, 0.6) is 0 Å². The molecule has 2 aromatic carbocycles. The molecule has 3 N–H and O–H groups in total. The molecule has 0 spiro atoms. The molecule has 0 saturated heterocycles. The Bertz CT molecular complexity index is 1070. The Labute approximate surface area is 136 Å². The third-order valence-corrected chi connectivity index (χ3v) is 4.15. The molecule has 0 bridgehead atoms. The van der Waals surface area contributed by atoms with Gasteiger partial charge in [0.2, 0.25) is 5.82 Å². The maximum absolute atomic E-state index is 11.5. The first kappa shape index (κ1) is 15.6. The van der Waals surface area contributed by atoms with Crippen LogP contribution in [0, 0.1) is 11.3 Å². The number of fused-ring (bicyclic) bond motifs is 1. The van der Waals surface area contributed by atoms with Crippen molar-refractivity contribution in [1.82, 2.24) is 20.6 Å². The minimum atomic E-state index is -4.35. The van der Waals surface area contributed by atoms with Crippen LogP contribution in [0.1, 0.15) is 5.82 Å². The van der Waals surface area contributed by atoms with Gasteiger partial charge in [-0.15, -0.1) is 10.2 Å². The van der Waals surface area contributed by atoms with Gasteiger partial charge in [-0.1, -0.05) is 24.3 Å². The average Bonchev–Trinajstić information content (AvgIpc) is 3.08. The summed E-state index contributed by atoms with van der Waals surface area (Å²) in [6, 6.07) is 11.4. The number of nitriles is 1. The summed E-state index contributed by atoms with van der Waals surface area (Å²) in [4.78, 5) is -0.189. The number of anilines is 1. The van der Waals surface area contributed by atoms with Crippen molar-refractivity contribution in [3.05, 3.63) is 48.4 Å². The van der Waals surface area contributed by atoms with Gasteiger partial charge in [-0.05, 0) is 17.3 Å². The van der Waals surface area contributed by atoms with Gasteiger partial charge in [-0.25, -0.2) is 0 Å². The van der Waals surface area contributed by atoms with Crippen LogP contribution in [-0.2, 0) is 10.1 Å². The van der Waals surface area contributed by atoms with Crippen molar-refractivity contribution in [3.63, 3.8) is 0 Å². The van der Waals surface area contributed by atoms with Crippen LogP contribution in [-0.4, -0.2) is 33.6 Å². The SMILES string of the molecule is N#CC(=CNc1cccc2c(S(=O)(=O)O)cccc12)c1nn[nH]n1. The van der Waals surface area contributed by atoms with Crippen molar-refractivity contribution >= 4 is 32.2 Å². The van der Waals surface area contributed by atoms with E-state index in [4.69, 9.17) is 5.26 Å². The van der Waals surface area contributed by atoms with Crippen LogP contribution < -0.4 is 5.32 Å². The fourth-order valence-electron chi connectivity index (χ4n) is 2.20. The van der Waals surface area contributed by atoms with Crippen LogP contribution in [0.2, 0.25) is 0 Å². The van der Waals surface area contributed by atoms with Gasteiger partial charge in [0.15, 0.2) is 0 Å². The lowest BCUT2D eigenvalue weighted by Crippen LogP contribution is -2.00. The zero-order valence-corrected chi connectivity index (χ0v) is 12.8. The van der Waals surface area contributed by atoms with Crippen molar-refractivity contribution in [3.8, 4) is 6.07 Å². The van der Waals surface area contributed by atoms with E-state index in [0.29, 0.717) is 16.5 Å². The third kappa shape index (κ3) is 2.94. The van der Waals surface area contributed by atoms with Crippen molar-refractivity contribution in [2.24, 2.45) is 0 Å². The van der Waals surface area contributed by atoms with Gasteiger partial charge >= 0.3 is 0 Å². The molecule has 0 aliphatic carbocycles. The normalized spacial score (nSPS) is 12.1. The number of aromatic amines is 1. The quantitative estimate of drug-likeness (QED) is 0.478. The highest BCUT2D eigenvalue weighted by Crippen LogP contribution is 2.29. The number of allylic oxidation sites excluding steroid dienone is 1. The van der Waals surface area contributed by atoms with Crippen molar-refractivity contribution < 1.29 is 13.0 Å². The van der Waals surface area contributed by atoms with E-state index in [1.807, 2.05) is 6.07 Å². The average molecular weight is 342 g/mol. The number of aromatic nitrogens is 4. The maximum atomic E-state index is 11.5. The highest BCUT2D eigenvalue weighted by Gasteiger charge is 2.14. The molecule has 24 heavy (non-hydrogen) atoms. The molecular formula is C14H10N6O3S. The topological polar surface area (TPSA) is 145 Å². The molecule has 120 valence electrons. The number of hydrogen-bond acceptors (Lipinski definition) is 7. The number of H-pyrrole nitrogens is 1. The van der Waals surface area contributed by atoms with E-state index in [1.54, 1.807) is 24.3 Å². The van der Waals surface area contributed by atoms with Crippen LogP contribution in [0.15, 0.2) is 47.5 Å². The van der Waals surface area contributed by atoms with E-state index in [-0.39, 0.29) is 16.3 Å². The molecule has 1 aromatic heterocycles. The monoisotopic (exact) mass is 342 g/mol. The summed E-state index contributed by atoms with van der Waals surface area (Å²) in [5, 5.41) is 26.1. The largest absolute Gasteiger partial charge is 0.360 e. The van der Waals surface area contributed by atoms with E-state index < -0.39 is 10.1 Å². The lowest BCUT2D eigenvalue weighted by Gasteiger charge is -2.09. The zero-order valence-electron chi connectivity index (χ0n) is 12.0. The van der Waals surface area contributed by atoms with Crippen LogP contribution in [0.3, 0.4) is 0 Å². The molecule has 10 heteroatoms. The minimum Gasteiger partial charge on any atom is -0.360 e. The fourth-order valence-corrected chi connectivity index (χ4v) is 2.91. The highest BCUT2D eigenvalue weighted by atomic mass is 32.2. The smallest absolute Gasteiger partial charge is 0.295 e. The lowest BCUT2D eigenvalue weighted by atomic mass is 10.1. The van der Waals surface area contributed by atoms with Gasteiger partial charge in [0, 0.05) is 22.7 Å². The van der Waals surface area contributed by atoms with Crippen molar-refractivity contribution in [2.75, 3.05) is 5.32 Å². The molecule has 0 aliphatic heterocycles. The summed E-state index contributed by atoms with van der Waals surface area (Å²) in [5.41, 5.74) is 0.695. The Kier molecular flexibility index (Phi) is 3.95. The third-order valence-electron chi connectivity index (χ3n) is 3.24. The van der Waals surface area contributed by atoms with Crippen molar-refractivity contribution in [2.45, 2.75) is 4.90 Å². The second-order valence-corrected chi connectivity index (χ2v) is 6.07. The Hall–Kier alpha value is -3.29. The van der Waals surface area contributed by atoms with E-state index >= 15 is 0 Å². The Morgan fingerprint density at radius 1 is 1.25 bits per heavy atom. The predicted octanol–water partition coefficient (Wildman–Crippen LogP) is 1.58. The van der Waals surface area contributed by atoms with Crippen LogP contribution in [0.25, 0.3) is 16.3 Å². The number of nitrogens with zero attached hydrogens (tertiary/aromatic N) is 4. The van der Waals surface area contributed by atoms with Gasteiger partial charge in [0.1, 0.15) is 16.5 Å². The van der Waals surface area contributed by atoms with Gasteiger partial charge in [-0.3, -0.25) is 4.55 Å². The Morgan fingerprint density at radius 3 is 2.67 bits per heavy atom. The Balaban J connectivity index is 2.07. The van der Waals surface area contributed by atoms with Gasteiger partial charge in [0.05, 0.1) is 0 Å². The number of tetrazole rings is 1. The second kappa shape index (κ2) is 6.07. The maximum Gasteiger partial charge on any atom is 0.295 e. The molecule has 3 aromatic rings. The van der Waals surface area contributed by atoms with Crippen LogP contribution >= 0.6 is 0 Å². The molecule has 0 fully saturated rings. The van der Waals surface area contributed by atoms with Crippen LogP contribution in [0.4, 0.5) is 5.69 Å². The molecule has 0 atom stereocenters. The molecule has 3 rings (SSSR count). The van der Waals surface area contributed by atoms with E-state index in [9.17, 15) is 13.0 Å². The summed E-state index contributed by atoms with van der Waals surface area (Å²) in [6.07, 6.45) is 1.39. The number of hydrogen-bond donors (Lipinski definition) is 3. The summed E-state index contributed by atoms with van der Waals surface area (Å²) in [7, 11) is -4.35. The molecule has 1 heterocycles. The molecule has 0 amide bonds. The summed E-state index contributed by atoms with van der Waals surface area (Å²) >= 11 is 0.